The molecule has 0 aromatic carbocycles. The average Bonchev–Trinajstić information content (AvgIpc) is 3.17. The zero-order chi connectivity index (χ0) is 26.1. The summed E-state index contributed by atoms with van der Waals surface area (Å²) in [4.78, 5) is 45.2. The van der Waals surface area contributed by atoms with Crippen LogP contribution in [-0.2, 0) is 23.2 Å². The average molecular weight is 555 g/mol. The molecule has 0 aliphatic carbocycles. The lowest BCUT2D eigenvalue weighted by atomic mass is 10.0. The van der Waals surface area contributed by atoms with E-state index in [1.54, 1.807) is 11.5 Å². The molecule has 3 rings (SSSR count). The van der Waals surface area contributed by atoms with Crippen LogP contribution >= 0.6 is 23.1 Å². The van der Waals surface area contributed by atoms with E-state index in [1.165, 1.54) is 28.0 Å². The summed E-state index contributed by atoms with van der Waals surface area (Å²) in [7, 11) is -4.04. The van der Waals surface area contributed by atoms with E-state index < -0.39 is 34.0 Å². The highest BCUT2D eigenvalue weighted by atomic mass is 32.2. The van der Waals surface area contributed by atoms with Gasteiger partial charge < -0.3 is 19.9 Å². The Morgan fingerprint density at radius 2 is 1.94 bits per heavy atom. The van der Waals surface area contributed by atoms with Gasteiger partial charge in [0, 0.05) is 11.1 Å². The van der Waals surface area contributed by atoms with Gasteiger partial charge in [-0.1, -0.05) is 13.0 Å². The fourth-order valence-electron chi connectivity index (χ4n) is 3.56. The SMILES string of the molecule is CC/C=C(\C(=O)NC1C(=O)N2C(C(=O)O[Si](C)(C)C)=C(CO[Si](C)(C)C)CSC12)c1csc(N)n1. The number of nitrogens with one attached hydrogen (secondary N) is 1. The lowest BCUT2D eigenvalue weighted by molar-refractivity contribution is -0.149. The lowest BCUT2D eigenvalue weighted by Gasteiger charge is -2.50. The molecule has 1 fully saturated rings. The molecule has 2 aliphatic rings. The molecular formula is C22H34N4O5S2Si2. The lowest BCUT2D eigenvalue weighted by Crippen LogP contribution is -2.70. The van der Waals surface area contributed by atoms with Gasteiger partial charge in [-0.05, 0) is 51.3 Å². The van der Waals surface area contributed by atoms with Crippen LogP contribution in [0.4, 0.5) is 5.13 Å². The summed E-state index contributed by atoms with van der Waals surface area (Å²) in [6, 6.07) is -0.752. The van der Waals surface area contributed by atoms with E-state index in [4.69, 9.17) is 14.6 Å². The number of anilines is 1. The van der Waals surface area contributed by atoms with Gasteiger partial charge in [-0.25, -0.2) is 9.78 Å². The third-order valence-electron chi connectivity index (χ3n) is 5.06. The highest BCUT2D eigenvalue weighted by molar-refractivity contribution is 8.00. The molecule has 0 spiro atoms. The summed E-state index contributed by atoms with van der Waals surface area (Å²) in [6.07, 6.45) is 2.39. The van der Waals surface area contributed by atoms with Crippen molar-refractivity contribution < 1.29 is 23.2 Å². The van der Waals surface area contributed by atoms with Crippen LogP contribution in [0.1, 0.15) is 19.0 Å². The van der Waals surface area contributed by atoms with Crippen molar-refractivity contribution in [2.24, 2.45) is 0 Å². The Hall–Kier alpha value is -1.94. The smallest absolute Gasteiger partial charge is 0.341 e. The van der Waals surface area contributed by atoms with E-state index in [1.807, 2.05) is 26.6 Å². The topological polar surface area (TPSA) is 124 Å². The first-order valence-corrected chi connectivity index (χ1v) is 20.2. The summed E-state index contributed by atoms with van der Waals surface area (Å²) in [5.74, 6) is -0.704. The number of β-lactam (4-membered cyclic amide) rings is 1. The van der Waals surface area contributed by atoms with Crippen molar-refractivity contribution in [1.82, 2.24) is 15.2 Å². The molecule has 0 bridgehead atoms. The van der Waals surface area contributed by atoms with Crippen LogP contribution in [0, 0.1) is 0 Å². The standard InChI is InChI=1S/C22H34N4O5S2Si2/c1-8-9-14(15-12-33-22(23)24-15)18(27)25-16-19(28)26-17(21(29)31-35(5,6)7)13(11-32-20(16)26)10-30-34(2,3)4/h9,12,16,20H,8,10-11H2,1-7H3,(H2,23,24)(H,25,27)/b14-9-. The van der Waals surface area contributed by atoms with Crippen LogP contribution in [0.3, 0.4) is 0 Å². The molecule has 3 N–H and O–H groups in total. The number of nitrogen functional groups attached to an aromatic ring is 1. The summed E-state index contributed by atoms with van der Waals surface area (Å²) < 4.78 is 11.8. The number of rotatable bonds is 9. The van der Waals surface area contributed by atoms with Crippen LogP contribution in [0.25, 0.3) is 5.57 Å². The maximum absolute atomic E-state index is 13.3. The van der Waals surface area contributed by atoms with Crippen molar-refractivity contribution >= 4 is 68.2 Å². The summed E-state index contributed by atoms with van der Waals surface area (Å²) >= 11 is 2.76. The van der Waals surface area contributed by atoms with E-state index in [9.17, 15) is 14.4 Å². The summed E-state index contributed by atoms with van der Waals surface area (Å²) in [5.41, 5.74) is 7.62. The molecule has 0 saturated carbocycles. The molecule has 3 heterocycles. The number of carbonyl (C=O) groups is 3. The maximum atomic E-state index is 13.3. The Morgan fingerprint density at radius 3 is 2.49 bits per heavy atom. The monoisotopic (exact) mass is 554 g/mol. The second kappa shape index (κ2) is 10.6. The van der Waals surface area contributed by atoms with E-state index in [2.05, 4.69) is 29.9 Å². The van der Waals surface area contributed by atoms with Crippen molar-refractivity contribution in [1.29, 1.82) is 0 Å². The summed E-state index contributed by atoms with van der Waals surface area (Å²) in [5, 5.41) is 4.55. The minimum Gasteiger partial charge on any atom is -0.515 e. The number of amides is 2. The van der Waals surface area contributed by atoms with E-state index in [0.29, 0.717) is 28.6 Å². The third-order valence-corrected chi connectivity index (χ3v) is 8.88. The number of aromatic nitrogens is 1. The van der Waals surface area contributed by atoms with Gasteiger partial charge in [-0.2, -0.15) is 0 Å². The Morgan fingerprint density at radius 1 is 1.26 bits per heavy atom. The highest BCUT2D eigenvalue weighted by Gasteiger charge is 2.55. The molecule has 2 unspecified atom stereocenters. The number of hydrogen-bond donors (Lipinski definition) is 2. The first kappa shape index (κ1) is 27.6. The normalized spacial score (nSPS) is 20.9. The van der Waals surface area contributed by atoms with Crippen LogP contribution in [0.15, 0.2) is 22.7 Å². The van der Waals surface area contributed by atoms with Crippen molar-refractivity contribution in [3.8, 4) is 0 Å². The van der Waals surface area contributed by atoms with Crippen molar-refractivity contribution in [2.45, 2.75) is 64.0 Å². The highest BCUT2D eigenvalue weighted by Crippen LogP contribution is 2.41. The number of thioether (sulfide) groups is 1. The molecule has 2 atom stereocenters. The van der Waals surface area contributed by atoms with Gasteiger partial charge in [-0.15, -0.1) is 23.1 Å². The Kier molecular flexibility index (Phi) is 8.36. The summed E-state index contributed by atoms with van der Waals surface area (Å²) in [6.45, 7) is 14.2. The van der Waals surface area contributed by atoms with Crippen molar-refractivity contribution in [3.63, 3.8) is 0 Å². The molecule has 2 aliphatic heterocycles. The number of allylic oxidation sites excluding steroid dienone is 1. The number of nitrogens with two attached hydrogens (primary N) is 1. The number of carbonyl (C=O) groups excluding carboxylic acids is 3. The molecular weight excluding hydrogens is 521 g/mol. The van der Waals surface area contributed by atoms with Crippen LogP contribution in [0.5, 0.6) is 0 Å². The number of hydrogen-bond acceptors (Lipinski definition) is 9. The van der Waals surface area contributed by atoms with Gasteiger partial charge in [-0.3, -0.25) is 14.5 Å². The molecule has 2 amide bonds. The number of fused-ring (bicyclic) bond motifs is 1. The number of thiazole rings is 1. The van der Waals surface area contributed by atoms with Gasteiger partial charge in [0.2, 0.25) is 8.32 Å². The number of nitrogens with zero attached hydrogens (tertiary/aromatic N) is 2. The van der Waals surface area contributed by atoms with Crippen LogP contribution < -0.4 is 11.1 Å². The second-order valence-corrected chi connectivity index (χ2v) is 21.3. The Bertz CT molecular complexity index is 1070. The zero-order valence-electron chi connectivity index (χ0n) is 21.3. The van der Waals surface area contributed by atoms with Gasteiger partial charge in [0.05, 0.1) is 17.9 Å². The molecule has 35 heavy (non-hydrogen) atoms. The minimum atomic E-state index is -2.20. The maximum Gasteiger partial charge on any atom is 0.341 e. The minimum absolute atomic E-state index is 0.265. The second-order valence-electron chi connectivity index (χ2n) is 10.3. The Labute approximate surface area is 216 Å². The fourth-order valence-corrected chi connectivity index (χ4v) is 6.71. The van der Waals surface area contributed by atoms with E-state index in [0.717, 1.165) is 5.57 Å². The molecule has 9 nitrogen and oxygen atoms in total. The van der Waals surface area contributed by atoms with Gasteiger partial charge >= 0.3 is 5.97 Å². The molecule has 1 aromatic heterocycles. The van der Waals surface area contributed by atoms with Crippen LogP contribution in [-0.4, -0.2) is 68.1 Å². The van der Waals surface area contributed by atoms with Gasteiger partial charge in [0.1, 0.15) is 17.1 Å². The predicted octanol–water partition coefficient (Wildman–Crippen LogP) is 3.40. The van der Waals surface area contributed by atoms with Crippen molar-refractivity contribution in [3.05, 3.63) is 28.4 Å². The quantitative estimate of drug-likeness (QED) is 0.270. The fraction of sp³-hybridized carbons (Fsp3) is 0.545. The van der Waals surface area contributed by atoms with Gasteiger partial charge in [0.15, 0.2) is 13.4 Å². The van der Waals surface area contributed by atoms with E-state index in [-0.39, 0.29) is 24.1 Å². The Balaban J connectivity index is 1.83. The van der Waals surface area contributed by atoms with Crippen molar-refractivity contribution in [2.75, 3.05) is 18.1 Å². The molecule has 1 aromatic rings. The third kappa shape index (κ3) is 6.64. The molecule has 0 radical (unpaired) electrons. The molecule has 192 valence electrons. The van der Waals surface area contributed by atoms with E-state index >= 15 is 0 Å². The predicted molar refractivity (Wildman–Crippen MR) is 146 cm³/mol. The zero-order valence-corrected chi connectivity index (χ0v) is 24.9. The van der Waals surface area contributed by atoms with Crippen LogP contribution in [0.2, 0.25) is 39.3 Å². The largest absolute Gasteiger partial charge is 0.515 e. The van der Waals surface area contributed by atoms with Gasteiger partial charge in [0.25, 0.3) is 11.8 Å². The molecule has 13 heteroatoms. The first-order valence-electron chi connectivity index (χ1n) is 11.5. The first-order chi connectivity index (χ1) is 16.2. The molecule has 1 saturated heterocycles.